The molecule has 3 N–H and O–H groups in total. The molecule has 0 heterocycles. The minimum absolute atomic E-state index is 0.325. The number of aliphatic hydroxyl groups is 2. The largest absolute Gasteiger partial charge is 0.479 e. The van der Waals surface area contributed by atoms with Crippen LogP contribution in [0.3, 0.4) is 0 Å². The van der Waals surface area contributed by atoms with Crippen LogP contribution in [0.25, 0.3) is 0 Å². The van der Waals surface area contributed by atoms with Crippen LogP contribution in [0.5, 0.6) is 0 Å². The molecule has 12 heavy (non-hydrogen) atoms. The van der Waals surface area contributed by atoms with Gasteiger partial charge in [-0.3, -0.25) is 0 Å². The van der Waals surface area contributed by atoms with Gasteiger partial charge in [0.25, 0.3) is 0 Å². The lowest BCUT2D eigenvalue weighted by Crippen LogP contribution is -2.33. The summed E-state index contributed by atoms with van der Waals surface area (Å²) in [5, 5.41) is 26.3. The van der Waals surface area contributed by atoms with Gasteiger partial charge in [-0.25, -0.2) is 4.79 Å². The summed E-state index contributed by atoms with van der Waals surface area (Å²) in [6.07, 6.45) is -1.76. The minimum Gasteiger partial charge on any atom is -0.479 e. The van der Waals surface area contributed by atoms with Gasteiger partial charge in [0.05, 0.1) is 6.10 Å². The van der Waals surface area contributed by atoms with Crippen molar-refractivity contribution in [2.24, 2.45) is 5.92 Å². The van der Waals surface area contributed by atoms with Crippen LogP contribution in [0.4, 0.5) is 0 Å². The summed E-state index contributed by atoms with van der Waals surface area (Å²) in [6, 6.07) is 0. The molecule has 0 saturated carbocycles. The highest BCUT2D eigenvalue weighted by molar-refractivity contribution is 5.72. The highest BCUT2D eigenvalue weighted by atomic mass is 16.4. The Morgan fingerprint density at radius 1 is 1.25 bits per heavy atom. The number of aliphatic hydroxyl groups excluding tert-OH is 2. The van der Waals surface area contributed by atoms with Crippen molar-refractivity contribution in [1.82, 2.24) is 0 Å². The molecule has 0 bridgehead atoms. The molecule has 0 aliphatic carbocycles. The van der Waals surface area contributed by atoms with Gasteiger partial charge in [-0.15, -0.1) is 0 Å². The lowest BCUT2D eigenvalue weighted by molar-refractivity contribution is -0.153. The van der Waals surface area contributed by atoms with Crippen LogP contribution in [0, 0.1) is 5.92 Å². The van der Waals surface area contributed by atoms with Gasteiger partial charge in [0.1, 0.15) is 0 Å². The van der Waals surface area contributed by atoms with Gasteiger partial charge >= 0.3 is 5.97 Å². The number of carboxylic acids is 1. The SMILES string of the molecule is CC(C)CC[C@@H](O)[C@@H](O)C(=O)O. The van der Waals surface area contributed by atoms with E-state index in [-0.39, 0.29) is 0 Å². The highest BCUT2D eigenvalue weighted by Gasteiger charge is 2.22. The number of carboxylic acid groups (broad SMARTS) is 1. The standard InChI is InChI=1S/C8H16O4/c1-5(2)3-4-6(9)7(10)8(11)12/h5-7,9-10H,3-4H2,1-2H3,(H,11,12)/t6-,7-/m1/s1. The van der Waals surface area contributed by atoms with E-state index in [4.69, 9.17) is 15.3 Å². The van der Waals surface area contributed by atoms with Gasteiger partial charge in [-0.05, 0) is 18.8 Å². The fourth-order valence-corrected chi connectivity index (χ4v) is 0.827. The molecule has 0 rings (SSSR count). The van der Waals surface area contributed by atoms with E-state index in [1.165, 1.54) is 0 Å². The third kappa shape index (κ3) is 4.31. The van der Waals surface area contributed by atoms with Crippen molar-refractivity contribution >= 4 is 5.97 Å². The topological polar surface area (TPSA) is 77.8 Å². The average molecular weight is 176 g/mol. The molecule has 0 amide bonds. The minimum atomic E-state index is -1.65. The molecule has 72 valence electrons. The van der Waals surface area contributed by atoms with Crippen LogP contribution in [0.15, 0.2) is 0 Å². The maximum atomic E-state index is 10.2. The molecule has 0 spiro atoms. The first-order valence-corrected chi connectivity index (χ1v) is 4.04. The van der Waals surface area contributed by atoms with Crippen molar-refractivity contribution in [1.29, 1.82) is 0 Å². The molecule has 0 aromatic heterocycles. The van der Waals surface area contributed by atoms with E-state index >= 15 is 0 Å². The van der Waals surface area contributed by atoms with Crippen LogP contribution in [-0.2, 0) is 4.79 Å². The van der Waals surface area contributed by atoms with Crippen LogP contribution in [0.2, 0.25) is 0 Å². The average Bonchev–Trinajstić information content (AvgIpc) is 1.98. The maximum absolute atomic E-state index is 10.2. The summed E-state index contributed by atoms with van der Waals surface area (Å²) >= 11 is 0. The van der Waals surface area contributed by atoms with E-state index in [1.54, 1.807) is 0 Å². The molecule has 0 aromatic rings. The molecule has 0 aliphatic rings. The van der Waals surface area contributed by atoms with Crippen LogP contribution < -0.4 is 0 Å². The van der Waals surface area contributed by atoms with Crippen molar-refractivity contribution in [3.05, 3.63) is 0 Å². The van der Waals surface area contributed by atoms with Crippen LogP contribution in [-0.4, -0.2) is 33.5 Å². The summed E-state index contributed by atoms with van der Waals surface area (Å²) in [4.78, 5) is 10.2. The van der Waals surface area contributed by atoms with E-state index in [1.807, 2.05) is 13.8 Å². The number of hydrogen-bond donors (Lipinski definition) is 3. The smallest absolute Gasteiger partial charge is 0.335 e. The fraction of sp³-hybridized carbons (Fsp3) is 0.875. The molecule has 0 aromatic carbocycles. The van der Waals surface area contributed by atoms with Gasteiger partial charge in [0.2, 0.25) is 0 Å². The Morgan fingerprint density at radius 3 is 2.08 bits per heavy atom. The van der Waals surface area contributed by atoms with E-state index in [2.05, 4.69) is 0 Å². The van der Waals surface area contributed by atoms with Crippen molar-refractivity contribution in [3.63, 3.8) is 0 Å². The Hall–Kier alpha value is -0.610. The first-order chi connectivity index (χ1) is 5.45. The molecule has 4 nitrogen and oxygen atoms in total. The third-order valence-electron chi connectivity index (χ3n) is 1.66. The second-order valence-electron chi connectivity index (χ2n) is 3.32. The number of hydrogen-bond acceptors (Lipinski definition) is 3. The van der Waals surface area contributed by atoms with Gasteiger partial charge in [0, 0.05) is 0 Å². The summed E-state index contributed by atoms with van der Waals surface area (Å²) < 4.78 is 0. The lowest BCUT2D eigenvalue weighted by atomic mass is 10.0. The van der Waals surface area contributed by atoms with E-state index < -0.39 is 18.2 Å². The Morgan fingerprint density at radius 2 is 1.75 bits per heavy atom. The zero-order valence-corrected chi connectivity index (χ0v) is 7.40. The lowest BCUT2D eigenvalue weighted by Gasteiger charge is -2.14. The third-order valence-corrected chi connectivity index (χ3v) is 1.66. The first kappa shape index (κ1) is 11.4. The number of aliphatic carboxylic acids is 1. The Balaban J connectivity index is 3.71. The Labute approximate surface area is 71.8 Å². The predicted octanol–water partition coefficient (Wildman–Crippen LogP) is 0.229. The van der Waals surface area contributed by atoms with E-state index in [0.29, 0.717) is 18.8 Å². The Bertz CT molecular complexity index is 144. The second-order valence-corrected chi connectivity index (χ2v) is 3.32. The van der Waals surface area contributed by atoms with Crippen molar-refractivity contribution in [3.8, 4) is 0 Å². The monoisotopic (exact) mass is 176 g/mol. The number of carbonyl (C=O) groups is 1. The zero-order chi connectivity index (χ0) is 9.72. The quantitative estimate of drug-likeness (QED) is 0.560. The van der Waals surface area contributed by atoms with E-state index in [9.17, 15) is 4.79 Å². The molecule has 2 atom stereocenters. The van der Waals surface area contributed by atoms with Gasteiger partial charge in [-0.2, -0.15) is 0 Å². The molecule has 0 radical (unpaired) electrons. The number of rotatable bonds is 5. The molecule has 0 aliphatic heterocycles. The Kier molecular flexibility index (Phi) is 4.85. The van der Waals surface area contributed by atoms with Gasteiger partial charge in [0.15, 0.2) is 6.10 Å². The van der Waals surface area contributed by atoms with Crippen molar-refractivity contribution in [2.45, 2.75) is 38.9 Å². The van der Waals surface area contributed by atoms with E-state index in [0.717, 1.165) is 0 Å². The maximum Gasteiger partial charge on any atom is 0.335 e. The first-order valence-electron chi connectivity index (χ1n) is 4.04. The van der Waals surface area contributed by atoms with Crippen LogP contribution in [0.1, 0.15) is 26.7 Å². The van der Waals surface area contributed by atoms with Crippen molar-refractivity contribution < 1.29 is 20.1 Å². The fourth-order valence-electron chi connectivity index (χ4n) is 0.827. The molecule has 0 fully saturated rings. The molecular weight excluding hydrogens is 160 g/mol. The van der Waals surface area contributed by atoms with Crippen LogP contribution >= 0.6 is 0 Å². The van der Waals surface area contributed by atoms with Crippen molar-refractivity contribution in [2.75, 3.05) is 0 Å². The summed E-state index contributed by atoms with van der Waals surface area (Å²) in [5.41, 5.74) is 0. The molecular formula is C8H16O4. The molecule has 4 heteroatoms. The molecule has 0 saturated heterocycles. The zero-order valence-electron chi connectivity index (χ0n) is 7.40. The van der Waals surface area contributed by atoms with Gasteiger partial charge in [-0.1, -0.05) is 13.8 Å². The summed E-state index contributed by atoms with van der Waals surface area (Å²) in [6.45, 7) is 3.94. The highest BCUT2D eigenvalue weighted by Crippen LogP contribution is 2.09. The summed E-state index contributed by atoms with van der Waals surface area (Å²) in [5.74, 6) is -0.966. The normalized spacial score (nSPS) is 16.1. The van der Waals surface area contributed by atoms with Gasteiger partial charge < -0.3 is 15.3 Å². The summed E-state index contributed by atoms with van der Waals surface area (Å²) in [7, 11) is 0. The second kappa shape index (κ2) is 5.11. The predicted molar refractivity (Wildman–Crippen MR) is 43.7 cm³/mol. The molecule has 0 unspecified atom stereocenters.